The molecule has 1 aliphatic carbocycles. The molecule has 22 heavy (non-hydrogen) atoms. The Bertz CT molecular complexity index is 566. The molecule has 0 unspecified atom stereocenters. The van der Waals surface area contributed by atoms with E-state index in [-0.39, 0.29) is 18.5 Å². The molecule has 0 spiro atoms. The lowest BCUT2D eigenvalue weighted by Crippen LogP contribution is -2.21. The molecular formula is C16H19NO5. The Hall–Kier alpha value is -2.37. The maximum absolute atomic E-state index is 11.7. The normalized spacial score (nSPS) is 19.2. The van der Waals surface area contributed by atoms with Crippen molar-refractivity contribution in [3.63, 3.8) is 0 Å². The zero-order valence-corrected chi connectivity index (χ0v) is 12.6. The molecule has 6 nitrogen and oxygen atoms in total. The van der Waals surface area contributed by atoms with Gasteiger partial charge in [0.25, 0.3) is 5.91 Å². The SMILES string of the molecule is CCOC(=O)c1ccc(NC(=O)COC(=O)[C@@H]2C[C@H]2C)cc1. The summed E-state index contributed by atoms with van der Waals surface area (Å²) in [5, 5.41) is 2.60. The van der Waals surface area contributed by atoms with Crippen LogP contribution in [0.5, 0.6) is 0 Å². The first-order valence-electron chi connectivity index (χ1n) is 7.25. The summed E-state index contributed by atoms with van der Waals surface area (Å²) in [6.45, 7) is 3.71. The number of carbonyl (C=O) groups excluding carboxylic acids is 3. The first-order chi connectivity index (χ1) is 10.5. The van der Waals surface area contributed by atoms with Crippen LogP contribution in [0.25, 0.3) is 0 Å². The zero-order valence-electron chi connectivity index (χ0n) is 12.6. The highest BCUT2D eigenvalue weighted by Crippen LogP contribution is 2.38. The molecule has 0 bridgehead atoms. The van der Waals surface area contributed by atoms with Crippen LogP contribution in [0.15, 0.2) is 24.3 Å². The summed E-state index contributed by atoms with van der Waals surface area (Å²) in [5.41, 5.74) is 0.933. The Morgan fingerprint density at radius 1 is 1.18 bits per heavy atom. The lowest BCUT2D eigenvalue weighted by Gasteiger charge is -2.07. The Kier molecular flexibility index (Phi) is 5.14. The molecule has 0 aromatic heterocycles. The summed E-state index contributed by atoms with van der Waals surface area (Å²) >= 11 is 0. The second-order valence-corrected chi connectivity index (χ2v) is 5.27. The van der Waals surface area contributed by atoms with E-state index in [0.717, 1.165) is 6.42 Å². The Labute approximate surface area is 128 Å². The molecule has 1 amide bonds. The van der Waals surface area contributed by atoms with Gasteiger partial charge in [-0.2, -0.15) is 0 Å². The number of hydrogen-bond acceptors (Lipinski definition) is 5. The molecule has 1 N–H and O–H groups in total. The number of nitrogens with one attached hydrogen (secondary N) is 1. The number of esters is 2. The van der Waals surface area contributed by atoms with Crippen LogP contribution in [0.1, 0.15) is 30.6 Å². The summed E-state index contributed by atoms with van der Waals surface area (Å²) in [7, 11) is 0. The molecule has 0 heterocycles. The van der Waals surface area contributed by atoms with Gasteiger partial charge in [-0.3, -0.25) is 9.59 Å². The summed E-state index contributed by atoms with van der Waals surface area (Å²) in [6.07, 6.45) is 0.829. The van der Waals surface area contributed by atoms with E-state index in [9.17, 15) is 14.4 Å². The Balaban J connectivity index is 1.79. The molecule has 1 saturated carbocycles. The highest BCUT2D eigenvalue weighted by molar-refractivity contribution is 5.94. The van der Waals surface area contributed by atoms with Gasteiger partial charge in [0, 0.05) is 5.69 Å². The van der Waals surface area contributed by atoms with Gasteiger partial charge < -0.3 is 14.8 Å². The van der Waals surface area contributed by atoms with E-state index in [0.29, 0.717) is 23.8 Å². The second-order valence-electron chi connectivity index (χ2n) is 5.27. The Morgan fingerprint density at radius 2 is 1.82 bits per heavy atom. The smallest absolute Gasteiger partial charge is 0.338 e. The van der Waals surface area contributed by atoms with Crippen LogP contribution < -0.4 is 5.32 Å². The number of carbonyl (C=O) groups is 3. The lowest BCUT2D eigenvalue weighted by molar-refractivity contribution is -0.148. The summed E-state index contributed by atoms with van der Waals surface area (Å²) in [5.74, 6) is -0.846. The molecule has 6 heteroatoms. The summed E-state index contributed by atoms with van der Waals surface area (Å²) in [4.78, 5) is 34.7. The molecule has 0 radical (unpaired) electrons. The first kappa shape index (κ1) is 16.0. The van der Waals surface area contributed by atoms with Gasteiger partial charge in [-0.1, -0.05) is 6.92 Å². The van der Waals surface area contributed by atoms with Crippen molar-refractivity contribution in [2.75, 3.05) is 18.5 Å². The quantitative estimate of drug-likeness (QED) is 0.813. The first-order valence-corrected chi connectivity index (χ1v) is 7.25. The minimum atomic E-state index is -0.412. The summed E-state index contributed by atoms with van der Waals surface area (Å²) in [6, 6.07) is 6.31. The molecule has 1 aliphatic rings. The topological polar surface area (TPSA) is 81.7 Å². The van der Waals surface area contributed by atoms with Crippen LogP contribution in [0.2, 0.25) is 0 Å². The van der Waals surface area contributed by atoms with E-state index in [2.05, 4.69) is 5.32 Å². The molecule has 1 aromatic carbocycles. The van der Waals surface area contributed by atoms with Gasteiger partial charge in [0.15, 0.2) is 6.61 Å². The average Bonchev–Trinajstić information content (AvgIpc) is 3.23. The van der Waals surface area contributed by atoms with Gasteiger partial charge in [0.1, 0.15) is 0 Å². The van der Waals surface area contributed by atoms with Crippen molar-refractivity contribution >= 4 is 23.5 Å². The lowest BCUT2D eigenvalue weighted by atomic mass is 10.2. The van der Waals surface area contributed by atoms with Gasteiger partial charge >= 0.3 is 11.9 Å². The summed E-state index contributed by atoms with van der Waals surface area (Å²) < 4.78 is 9.81. The largest absolute Gasteiger partial charge is 0.462 e. The van der Waals surface area contributed by atoms with Crippen LogP contribution in [0.3, 0.4) is 0 Å². The Morgan fingerprint density at radius 3 is 2.36 bits per heavy atom. The number of hydrogen-bond donors (Lipinski definition) is 1. The predicted octanol–water partition coefficient (Wildman–Crippen LogP) is 2.00. The zero-order chi connectivity index (χ0) is 16.1. The van der Waals surface area contributed by atoms with E-state index < -0.39 is 11.9 Å². The van der Waals surface area contributed by atoms with Crippen LogP contribution in [0.4, 0.5) is 5.69 Å². The minimum Gasteiger partial charge on any atom is -0.462 e. The third kappa shape index (κ3) is 4.31. The molecule has 0 aliphatic heterocycles. The minimum absolute atomic E-state index is 0.0586. The van der Waals surface area contributed by atoms with Gasteiger partial charge in [-0.25, -0.2) is 4.79 Å². The number of amides is 1. The van der Waals surface area contributed by atoms with E-state index in [1.54, 1.807) is 31.2 Å². The fourth-order valence-electron chi connectivity index (χ4n) is 2.00. The third-order valence-electron chi connectivity index (χ3n) is 3.44. The van der Waals surface area contributed by atoms with Gasteiger partial charge in [0.05, 0.1) is 18.1 Å². The van der Waals surface area contributed by atoms with Crippen molar-refractivity contribution in [1.82, 2.24) is 0 Å². The second kappa shape index (κ2) is 7.06. The van der Waals surface area contributed by atoms with Crippen molar-refractivity contribution in [2.45, 2.75) is 20.3 Å². The monoisotopic (exact) mass is 305 g/mol. The van der Waals surface area contributed by atoms with Crippen molar-refractivity contribution in [2.24, 2.45) is 11.8 Å². The molecule has 0 saturated heterocycles. The van der Waals surface area contributed by atoms with Crippen molar-refractivity contribution in [3.8, 4) is 0 Å². The van der Waals surface area contributed by atoms with Crippen LogP contribution in [-0.2, 0) is 19.1 Å². The van der Waals surface area contributed by atoms with Crippen LogP contribution in [-0.4, -0.2) is 31.1 Å². The fraction of sp³-hybridized carbons (Fsp3) is 0.438. The highest BCUT2D eigenvalue weighted by Gasteiger charge is 2.40. The van der Waals surface area contributed by atoms with E-state index in [4.69, 9.17) is 9.47 Å². The number of ether oxygens (including phenoxy) is 2. The van der Waals surface area contributed by atoms with Crippen molar-refractivity contribution in [1.29, 1.82) is 0 Å². The van der Waals surface area contributed by atoms with E-state index in [1.165, 1.54) is 0 Å². The van der Waals surface area contributed by atoms with Gasteiger partial charge in [0.2, 0.25) is 0 Å². The molecule has 1 fully saturated rings. The third-order valence-corrected chi connectivity index (χ3v) is 3.44. The van der Waals surface area contributed by atoms with E-state index >= 15 is 0 Å². The fourth-order valence-corrected chi connectivity index (χ4v) is 2.00. The van der Waals surface area contributed by atoms with Crippen LogP contribution >= 0.6 is 0 Å². The molecule has 118 valence electrons. The molecule has 2 atom stereocenters. The van der Waals surface area contributed by atoms with E-state index in [1.807, 2.05) is 6.92 Å². The van der Waals surface area contributed by atoms with Crippen molar-refractivity contribution < 1.29 is 23.9 Å². The van der Waals surface area contributed by atoms with Gasteiger partial charge in [-0.05, 0) is 43.5 Å². The maximum Gasteiger partial charge on any atom is 0.338 e. The highest BCUT2D eigenvalue weighted by atomic mass is 16.5. The molecule has 1 aromatic rings. The average molecular weight is 305 g/mol. The number of anilines is 1. The molecular weight excluding hydrogens is 286 g/mol. The van der Waals surface area contributed by atoms with Crippen molar-refractivity contribution in [3.05, 3.63) is 29.8 Å². The van der Waals surface area contributed by atoms with Gasteiger partial charge in [-0.15, -0.1) is 0 Å². The molecule has 2 rings (SSSR count). The number of rotatable bonds is 6. The van der Waals surface area contributed by atoms with Crippen LogP contribution in [0, 0.1) is 11.8 Å². The number of benzene rings is 1. The predicted molar refractivity (Wildman–Crippen MR) is 79.3 cm³/mol. The standard InChI is InChI=1S/C16H19NO5/c1-3-21-15(19)11-4-6-12(7-5-11)17-14(18)9-22-16(20)13-8-10(13)2/h4-7,10,13H,3,8-9H2,1-2H3,(H,17,18)/t10-,13-/m1/s1. The maximum atomic E-state index is 11.7.